The molecule has 0 saturated heterocycles. The van der Waals surface area contributed by atoms with Crippen LogP contribution in [0.25, 0.3) is 0 Å². The third kappa shape index (κ3) is 6.45. The number of hydrazone groups is 1. The summed E-state index contributed by atoms with van der Waals surface area (Å²) in [5.74, 6) is -2.65. The number of para-hydroxylation sites is 1. The number of non-ortho nitro benzene ring substituents is 1. The fraction of sp³-hybridized carbons (Fsp3) is 0. The average molecular weight is 466 g/mol. The Hall–Kier alpha value is -4.57. The van der Waals surface area contributed by atoms with Gasteiger partial charge in [-0.2, -0.15) is 5.10 Å². The molecule has 0 bridgehead atoms. The van der Waals surface area contributed by atoms with Crippen molar-refractivity contribution in [3.63, 3.8) is 0 Å². The second-order valence-corrected chi connectivity index (χ2v) is 6.95. The summed E-state index contributed by atoms with van der Waals surface area (Å²) >= 11 is 5.83. The number of carbonyl (C=O) groups is 3. The van der Waals surface area contributed by atoms with Gasteiger partial charge >= 0.3 is 11.8 Å². The third-order valence-corrected chi connectivity index (χ3v) is 4.44. The summed E-state index contributed by atoms with van der Waals surface area (Å²) in [5, 5.41) is 20.0. The van der Waals surface area contributed by atoms with Crippen molar-refractivity contribution in [1.82, 2.24) is 5.43 Å². The van der Waals surface area contributed by atoms with Crippen LogP contribution in [0, 0.1) is 10.1 Å². The number of nitrogens with one attached hydrogen (secondary N) is 3. The summed E-state index contributed by atoms with van der Waals surface area (Å²) in [6.45, 7) is 0. The van der Waals surface area contributed by atoms with Crippen molar-refractivity contribution in [3.05, 3.63) is 99.1 Å². The lowest BCUT2D eigenvalue weighted by molar-refractivity contribution is -0.384. The van der Waals surface area contributed by atoms with E-state index in [1.165, 1.54) is 36.4 Å². The lowest BCUT2D eigenvalue weighted by atomic mass is 10.1. The summed E-state index contributed by atoms with van der Waals surface area (Å²) in [7, 11) is 0. The van der Waals surface area contributed by atoms with E-state index in [-0.39, 0.29) is 16.9 Å². The minimum absolute atomic E-state index is 0.117. The minimum atomic E-state index is -1.09. The maximum Gasteiger partial charge on any atom is 0.329 e. The first-order valence-corrected chi connectivity index (χ1v) is 9.76. The second kappa shape index (κ2) is 10.6. The van der Waals surface area contributed by atoms with Gasteiger partial charge in [-0.1, -0.05) is 35.9 Å². The quantitative estimate of drug-likeness (QED) is 0.220. The zero-order valence-corrected chi connectivity index (χ0v) is 17.6. The molecule has 11 heteroatoms. The predicted molar refractivity (Wildman–Crippen MR) is 123 cm³/mol. The number of hydrogen-bond donors (Lipinski definition) is 3. The maximum atomic E-state index is 12.6. The minimum Gasteiger partial charge on any atom is -0.322 e. The second-order valence-electron chi connectivity index (χ2n) is 6.51. The Labute approximate surface area is 192 Å². The Morgan fingerprint density at radius 2 is 1.64 bits per heavy atom. The number of benzene rings is 3. The highest BCUT2D eigenvalue weighted by atomic mass is 35.5. The molecule has 3 amide bonds. The van der Waals surface area contributed by atoms with Crippen LogP contribution in [0.3, 0.4) is 0 Å². The van der Waals surface area contributed by atoms with Crippen LogP contribution < -0.4 is 16.1 Å². The summed E-state index contributed by atoms with van der Waals surface area (Å²) < 4.78 is 0. The van der Waals surface area contributed by atoms with Crippen molar-refractivity contribution in [2.45, 2.75) is 0 Å². The molecule has 0 spiro atoms. The zero-order valence-electron chi connectivity index (χ0n) is 16.8. The largest absolute Gasteiger partial charge is 0.329 e. The molecule has 0 atom stereocenters. The van der Waals surface area contributed by atoms with E-state index in [0.29, 0.717) is 16.3 Å². The lowest BCUT2D eigenvalue weighted by Crippen LogP contribution is -2.33. The van der Waals surface area contributed by atoms with Gasteiger partial charge in [0.05, 0.1) is 22.4 Å². The van der Waals surface area contributed by atoms with Gasteiger partial charge in [-0.3, -0.25) is 24.5 Å². The average Bonchev–Trinajstić information content (AvgIpc) is 2.81. The number of nitro benzene ring substituents is 1. The highest BCUT2D eigenvalue weighted by Crippen LogP contribution is 2.19. The molecule has 0 aliphatic rings. The van der Waals surface area contributed by atoms with Gasteiger partial charge in [0.2, 0.25) is 0 Å². The molecule has 3 aromatic carbocycles. The number of rotatable bonds is 6. The zero-order chi connectivity index (χ0) is 23.8. The Morgan fingerprint density at radius 1 is 0.909 bits per heavy atom. The van der Waals surface area contributed by atoms with E-state index in [1.54, 1.807) is 36.4 Å². The van der Waals surface area contributed by atoms with Crippen molar-refractivity contribution < 1.29 is 19.3 Å². The molecule has 0 radical (unpaired) electrons. The van der Waals surface area contributed by atoms with Gasteiger partial charge in [0, 0.05) is 28.4 Å². The van der Waals surface area contributed by atoms with E-state index in [1.807, 2.05) is 5.43 Å². The molecule has 33 heavy (non-hydrogen) atoms. The summed E-state index contributed by atoms with van der Waals surface area (Å²) in [5.41, 5.74) is 2.99. The smallest absolute Gasteiger partial charge is 0.322 e. The normalized spacial score (nSPS) is 10.5. The van der Waals surface area contributed by atoms with Crippen LogP contribution >= 0.6 is 11.6 Å². The van der Waals surface area contributed by atoms with E-state index in [0.717, 1.165) is 6.21 Å². The molecule has 3 N–H and O–H groups in total. The molecule has 0 aliphatic heterocycles. The highest BCUT2D eigenvalue weighted by molar-refractivity contribution is 6.40. The van der Waals surface area contributed by atoms with Crippen LogP contribution in [-0.2, 0) is 9.59 Å². The maximum absolute atomic E-state index is 12.6. The molecule has 0 unspecified atom stereocenters. The van der Waals surface area contributed by atoms with Gasteiger partial charge in [-0.05, 0) is 36.4 Å². The van der Waals surface area contributed by atoms with Crippen LogP contribution in [0.2, 0.25) is 5.02 Å². The third-order valence-electron chi connectivity index (χ3n) is 4.19. The van der Waals surface area contributed by atoms with Crippen molar-refractivity contribution >= 4 is 52.6 Å². The van der Waals surface area contributed by atoms with Crippen LogP contribution in [0.5, 0.6) is 0 Å². The first kappa shape index (κ1) is 23.1. The van der Waals surface area contributed by atoms with Crippen LogP contribution in [0.15, 0.2) is 77.9 Å². The number of anilines is 2. The summed E-state index contributed by atoms with van der Waals surface area (Å²) in [4.78, 5) is 47.1. The standard InChI is InChI=1S/C22H16ClN5O5/c23-15-8-10-16(11-9-15)25-20(29)18-6-1-2-7-19(18)26-21(30)22(31)27-24-13-14-4-3-5-17(12-14)28(32)33/h1-13H,(H,25,29)(H,26,30)(H,27,31)/b24-13+. The SMILES string of the molecule is O=C(N/N=C/c1cccc([N+](=O)[O-])c1)C(=O)Nc1ccccc1C(=O)Nc1ccc(Cl)cc1. The van der Waals surface area contributed by atoms with E-state index in [4.69, 9.17) is 11.6 Å². The Morgan fingerprint density at radius 3 is 2.36 bits per heavy atom. The molecule has 0 aromatic heterocycles. The fourth-order valence-corrected chi connectivity index (χ4v) is 2.76. The van der Waals surface area contributed by atoms with E-state index in [9.17, 15) is 24.5 Å². The molecule has 166 valence electrons. The highest BCUT2D eigenvalue weighted by Gasteiger charge is 2.18. The topological polar surface area (TPSA) is 143 Å². The molecule has 10 nitrogen and oxygen atoms in total. The fourth-order valence-electron chi connectivity index (χ4n) is 2.64. The number of hydrogen-bond acceptors (Lipinski definition) is 6. The molecule has 0 aliphatic carbocycles. The molecule has 3 aromatic rings. The van der Waals surface area contributed by atoms with Gasteiger partial charge < -0.3 is 10.6 Å². The first-order valence-electron chi connectivity index (χ1n) is 9.38. The summed E-state index contributed by atoms with van der Waals surface area (Å²) in [6.07, 6.45) is 1.16. The van der Waals surface area contributed by atoms with Crippen molar-refractivity contribution in [3.8, 4) is 0 Å². The number of nitrogens with zero attached hydrogens (tertiary/aromatic N) is 2. The van der Waals surface area contributed by atoms with E-state index < -0.39 is 22.6 Å². The van der Waals surface area contributed by atoms with Gasteiger partial charge in [0.1, 0.15) is 0 Å². The van der Waals surface area contributed by atoms with Crippen molar-refractivity contribution in [2.75, 3.05) is 10.6 Å². The Kier molecular flexibility index (Phi) is 7.45. The molecule has 0 heterocycles. The molecular formula is C22H16ClN5O5. The first-order chi connectivity index (χ1) is 15.8. The van der Waals surface area contributed by atoms with E-state index >= 15 is 0 Å². The lowest BCUT2D eigenvalue weighted by Gasteiger charge is -2.11. The molecule has 0 saturated carbocycles. The van der Waals surface area contributed by atoms with Gasteiger partial charge in [-0.15, -0.1) is 0 Å². The molecule has 3 rings (SSSR count). The number of carbonyl (C=O) groups excluding carboxylic acids is 3. The predicted octanol–water partition coefficient (Wildman–Crippen LogP) is 3.59. The van der Waals surface area contributed by atoms with Crippen molar-refractivity contribution in [2.24, 2.45) is 5.10 Å². The van der Waals surface area contributed by atoms with Crippen molar-refractivity contribution in [1.29, 1.82) is 0 Å². The van der Waals surface area contributed by atoms with Gasteiger partial charge in [-0.25, -0.2) is 5.43 Å². The van der Waals surface area contributed by atoms with Gasteiger partial charge in [0.15, 0.2) is 0 Å². The Balaban J connectivity index is 1.63. The Bertz CT molecular complexity index is 1240. The monoisotopic (exact) mass is 465 g/mol. The molecular weight excluding hydrogens is 450 g/mol. The van der Waals surface area contributed by atoms with E-state index in [2.05, 4.69) is 15.7 Å². The number of halogens is 1. The van der Waals surface area contributed by atoms with Gasteiger partial charge in [0.25, 0.3) is 11.6 Å². The van der Waals surface area contributed by atoms with Crippen LogP contribution in [0.1, 0.15) is 15.9 Å². The van der Waals surface area contributed by atoms with Crippen LogP contribution in [0.4, 0.5) is 17.1 Å². The number of amides is 3. The van der Waals surface area contributed by atoms with Crippen LogP contribution in [-0.4, -0.2) is 28.9 Å². The molecule has 0 fully saturated rings. The number of nitro groups is 1. The summed E-state index contributed by atoms with van der Waals surface area (Å²) in [6, 6.07) is 18.2.